The van der Waals surface area contributed by atoms with E-state index in [1.165, 1.54) is 53.7 Å². The quantitative estimate of drug-likeness (QED) is 0.360. The van der Waals surface area contributed by atoms with Gasteiger partial charge in [-0.3, -0.25) is 0 Å². The molecule has 1 aliphatic rings. The van der Waals surface area contributed by atoms with Crippen LogP contribution in [0.25, 0.3) is 16.5 Å². The highest BCUT2D eigenvalue weighted by molar-refractivity contribution is 5.92. The van der Waals surface area contributed by atoms with E-state index in [2.05, 4.69) is 81.6 Å². The molecule has 31 heavy (non-hydrogen) atoms. The molecule has 1 unspecified atom stereocenters. The van der Waals surface area contributed by atoms with E-state index in [1.807, 2.05) is 6.08 Å². The van der Waals surface area contributed by atoms with Gasteiger partial charge < -0.3 is 14.6 Å². The summed E-state index contributed by atoms with van der Waals surface area (Å²) in [5.41, 5.74) is 6.39. The van der Waals surface area contributed by atoms with E-state index >= 15 is 0 Å². The summed E-state index contributed by atoms with van der Waals surface area (Å²) >= 11 is 0. The number of nitrogens with zero attached hydrogens (tertiary/aromatic N) is 1. The molecule has 2 heterocycles. The van der Waals surface area contributed by atoms with Gasteiger partial charge in [-0.2, -0.15) is 0 Å². The molecule has 1 fully saturated rings. The summed E-state index contributed by atoms with van der Waals surface area (Å²) < 4.78 is 5.75. The van der Waals surface area contributed by atoms with Crippen LogP contribution < -0.4 is 0 Å². The van der Waals surface area contributed by atoms with Crippen molar-refractivity contribution in [1.82, 2.24) is 9.88 Å². The van der Waals surface area contributed by atoms with Crippen molar-refractivity contribution in [3.8, 4) is 0 Å². The number of fused-ring (bicyclic) bond motifs is 1. The van der Waals surface area contributed by atoms with Crippen molar-refractivity contribution in [2.45, 2.75) is 58.8 Å². The Hall–Kier alpha value is -2.26. The molecular weight excluding hydrogens is 380 g/mol. The Morgan fingerprint density at radius 3 is 2.55 bits per heavy atom. The van der Waals surface area contributed by atoms with Crippen molar-refractivity contribution in [3.05, 3.63) is 65.6 Å². The number of nitrogens with one attached hydrogen (secondary N) is 1. The molecule has 3 heteroatoms. The van der Waals surface area contributed by atoms with Crippen LogP contribution in [0.4, 0.5) is 0 Å². The van der Waals surface area contributed by atoms with Crippen molar-refractivity contribution >= 4 is 16.5 Å². The molecule has 2 aromatic rings. The first-order valence-electron chi connectivity index (χ1n) is 11.8. The van der Waals surface area contributed by atoms with Crippen LogP contribution in [-0.4, -0.2) is 37.1 Å². The number of likely N-dealkylation sites (tertiary alicyclic amines) is 1. The van der Waals surface area contributed by atoms with Crippen LogP contribution in [0.2, 0.25) is 0 Å². The lowest BCUT2D eigenvalue weighted by Gasteiger charge is -2.29. The van der Waals surface area contributed by atoms with Gasteiger partial charge in [0, 0.05) is 22.4 Å². The normalized spacial score (nSPS) is 18.0. The molecule has 3 nitrogen and oxygen atoms in total. The lowest BCUT2D eigenvalue weighted by Crippen LogP contribution is -2.29. The smallest absolute Gasteiger partial charge is 0.0990 e. The fourth-order valence-corrected chi connectivity index (χ4v) is 4.74. The molecule has 0 spiro atoms. The first-order chi connectivity index (χ1) is 14.9. The third kappa shape index (κ3) is 5.15. The zero-order chi connectivity index (χ0) is 22.5. The number of H-pyrrole nitrogens is 1. The molecule has 1 saturated heterocycles. The maximum atomic E-state index is 5.75. The average Bonchev–Trinajstić information content (AvgIpc) is 3.15. The van der Waals surface area contributed by atoms with Gasteiger partial charge in [0.05, 0.1) is 18.6 Å². The second-order valence-electron chi connectivity index (χ2n) is 9.37. The van der Waals surface area contributed by atoms with Gasteiger partial charge >= 0.3 is 0 Å². The van der Waals surface area contributed by atoms with Gasteiger partial charge in [0.25, 0.3) is 0 Å². The number of hydrogen-bond donors (Lipinski definition) is 1. The van der Waals surface area contributed by atoms with E-state index in [1.54, 1.807) is 7.11 Å². The van der Waals surface area contributed by atoms with E-state index in [9.17, 15) is 0 Å². The minimum absolute atomic E-state index is 0.376. The largest absolute Gasteiger partial charge is 0.501 e. The van der Waals surface area contributed by atoms with Gasteiger partial charge in [0.15, 0.2) is 0 Å². The highest BCUT2D eigenvalue weighted by Crippen LogP contribution is 2.37. The van der Waals surface area contributed by atoms with Crippen LogP contribution in [0.5, 0.6) is 0 Å². The average molecular weight is 421 g/mol. The first kappa shape index (κ1) is 23.4. The molecule has 168 valence electrons. The van der Waals surface area contributed by atoms with E-state index in [4.69, 9.17) is 4.74 Å². The third-order valence-corrected chi connectivity index (χ3v) is 6.85. The highest BCUT2D eigenvalue weighted by atomic mass is 16.5. The Balaban J connectivity index is 2.10. The summed E-state index contributed by atoms with van der Waals surface area (Å²) in [6, 6.07) is 7.05. The summed E-state index contributed by atoms with van der Waals surface area (Å²) in [7, 11) is 4.00. The fraction of sp³-hybridized carbons (Fsp3) is 0.500. The van der Waals surface area contributed by atoms with Gasteiger partial charge in [0.1, 0.15) is 0 Å². The number of allylic oxidation sites excluding steroid dienone is 5. The maximum absolute atomic E-state index is 5.75. The Bertz CT molecular complexity index is 955. The summed E-state index contributed by atoms with van der Waals surface area (Å²) in [5, 5.41) is 1.35. The van der Waals surface area contributed by atoms with Gasteiger partial charge in [-0.05, 0) is 80.6 Å². The maximum Gasteiger partial charge on any atom is 0.0990 e. The van der Waals surface area contributed by atoms with E-state index in [0.29, 0.717) is 17.8 Å². The van der Waals surface area contributed by atoms with E-state index in [0.717, 1.165) is 17.8 Å². The Kier molecular flexibility index (Phi) is 7.83. The second-order valence-corrected chi connectivity index (χ2v) is 9.37. The van der Waals surface area contributed by atoms with Crippen molar-refractivity contribution < 1.29 is 4.74 Å². The van der Waals surface area contributed by atoms with Crippen molar-refractivity contribution in [2.24, 2.45) is 5.92 Å². The second kappa shape index (κ2) is 10.4. The lowest BCUT2D eigenvalue weighted by atomic mass is 9.87. The summed E-state index contributed by atoms with van der Waals surface area (Å²) in [6.45, 7) is 15.3. The lowest BCUT2D eigenvalue weighted by molar-refractivity contribution is 0.245. The molecule has 1 atom stereocenters. The van der Waals surface area contributed by atoms with Crippen LogP contribution in [0.15, 0.2) is 48.8 Å². The number of piperidine rings is 1. The molecule has 1 aromatic heterocycles. The van der Waals surface area contributed by atoms with Crippen LogP contribution in [0.1, 0.15) is 75.6 Å². The molecule has 0 radical (unpaired) electrons. The molecule has 0 bridgehead atoms. The molecule has 1 N–H and O–H groups in total. The number of ether oxygens (including phenoxy) is 1. The van der Waals surface area contributed by atoms with Crippen molar-refractivity contribution in [2.75, 3.05) is 27.2 Å². The number of benzene rings is 1. The Labute approximate surface area is 188 Å². The topological polar surface area (TPSA) is 28.3 Å². The third-order valence-electron chi connectivity index (χ3n) is 6.85. The van der Waals surface area contributed by atoms with Crippen LogP contribution in [-0.2, 0) is 4.74 Å². The number of rotatable bonds is 8. The number of aromatic nitrogens is 1. The molecule has 3 rings (SSSR count). The molecular formula is C28H40N2O. The van der Waals surface area contributed by atoms with Crippen LogP contribution in [0, 0.1) is 5.92 Å². The van der Waals surface area contributed by atoms with Crippen molar-refractivity contribution in [3.63, 3.8) is 0 Å². The molecule has 0 aliphatic carbocycles. The molecule has 1 aliphatic heterocycles. The van der Waals surface area contributed by atoms with Gasteiger partial charge in [-0.1, -0.05) is 52.5 Å². The summed E-state index contributed by atoms with van der Waals surface area (Å²) in [4.78, 5) is 6.17. The van der Waals surface area contributed by atoms with Gasteiger partial charge in [-0.25, -0.2) is 0 Å². The minimum Gasteiger partial charge on any atom is -0.501 e. The fourth-order valence-electron chi connectivity index (χ4n) is 4.74. The first-order valence-corrected chi connectivity index (χ1v) is 11.8. The van der Waals surface area contributed by atoms with Gasteiger partial charge in [-0.15, -0.1) is 0 Å². The Morgan fingerprint density at radius 1 is 1.26 bits per heavy atom. The highest BCUT2D eigenvalue weighted by Gasteiger charge is 2.22. The zero-order valence-electron chi connectivity index (χ0n) is 20.3. The van der Waals surface area contributed by atoms with Gasteiger partial charge in [0.2, 0.25) is 0 Å². The van der Waals surface area contributed by atoms with E-state index in [-0.39, 0.29) is 0 Å². The molecule has 0 amide bonds. The number of aromatic amines is 1. The van der Waals surface area contributed by atoms with Crippen molar-refractivity contribution in [1.29, 1.82) is 0 Å². The Morgan fingerprint density at radius 2 is 1.97 bits per heavy atom. The number of hydrogen-bond acceptors (Lipinski definition) is 2. The molecule has 0 saturated carbocycles. The molecule has 1 aromatic carbocycles. The SMILES string of the molecule is C=C/C=C(\C=C(\OC)C(C)CC)c1[nH]c2ccc(C3CCN(C)CC3)cc2c1C(C)C. The summed E-state index contributed by atoms with van der Waals surface area (Å²) in [6.07, 6.45) is 9.68. The predicted molar refractivity (Wildman–Crippen MR) is 135 cm³/mol. The standard InChI is InChI=1S/C28H40N2O/c1-8-10-23(18-26(31-7)20(5)9-2)28-27(19(3)4)24-17-22(11-12-25(24)29-28)21-13-15-30(6)16-14-21/h8,10-12,17-21,29H,1,9,13-16H2,2-7H3/b23-10+,26-18+. The number of methoxy groups -OCH3 is 1. The predicted octanol–water partition coefficient (Wildman–Crippen LogP) is 7.25. The zero-order valence-corrected chi connectivity index (χ0v) is 20.3. The van der Waals surface area contributed by atoms with Crippen LogP contribution >= 0.6 is 0 Å². The van der Waals surface area contributed by atoms with Crippen LogP contribution in [0.3, 0.4) is 0 Å². The monoisotopic (exact) mass is 420 g/mol. The van der Waals surface area contributed by atoms with E-state index < -0.39 is 0 Å². The summed E-state index contributed by atoms with van der Waals surface area (Å²) in [5.74, 6) is 2.46. The minimum atomic E-state index is 0.376.